The summed E-state index contributed by atoms with van der Waals surface area (Å²) in [6.07, 6.45) is 0.0195. The average molecular weight is 407 g/mol. The molecule has 1 rings (SSSR count). The molecule has 4 N–H and O–H groups in total. The molecule has 0 spiro atoms. The highest BCUT2D eigenvalue weighted by Crippen LogP contribution is 2.31. The topological polar surface area (TPSA) is 144 Å². The number of carboxylic acid groups (broad SMARTS) is 1. The molecule has 0 radical (unpaired) electrons. The predicted octanol–water partition coefficient (Wildman–Crippen LogP) is 0.166. The molecular weight excluding hydrogens is 396 g/mol. The van der Waals surface area contributed by atoms with Gasteiger partial charge in [0.15, 0.2) is 0 Å². The van der Waals surface area contributed by atoms with Crippen LogP contribution in [0.15, 0.2) is 14.7 Å². The Bertz CT molecular complexity index is 709. The summed E-state index contributed by atoms with van der Waals surface area (Å²) in [6.45, 7) is -0.122. The van der Waals surface area contributed by atoms with Crippen LogP contribution in [0.3, 0.4) is 0 Å². The molecule has 12 heteroatoms. The number of hydrogen-bond acceptors (Lipinski definition) is 6. The lowest BCUT2D eigenvalue weighted by atomic mass is 10.5. The fourth-order valence-corrected chi connectivity index (χ4v) is 5.22. The van der Waals surface area contributed by atoms with Crippen LogP contribution in [0.4, 0.5) is 0 Å². The molecule has 0 aromatic carbocycles. The van der Waals surface area contributed by atoms with Gasteiger partial charge in [-0.25, -0.2) is 31.5 Å². The smallest absolute Gasteiger partial charge is 0.345 e. The Kier molecular flexibility index (Phi) is 5.69. The summed E-state index contributed by atoms with van der Waals surface area (Å²) in [5, 5.41) is 13.6. The van der Waals surface area contributed by atoms with E-state index in [9.17, 15) is 21.6 Å². The number of thiophene rings is 1. The highest BCUT2D eigenvalue weighted by atomic mass is 79.9. The third-order valence-electron chi connectivity index (χ3n) is 2.05. The standard InChI is InChI=1S/C8H11BrN2O6S3/c9-7-6(4-5(18-7)8(12)13)20(16,17)11-2-1-3-19(10,14)15/h4,11H,1-3H2,(H,12,13)(H2,10,14,15). The Morgan fingerprint density at radius 3 is 2.45 bits per heavy atom. The first-order valence-corrected chi connectivity index (χ1v) is 9.86. The number of rotatable bonds is 7. The molecule has 0 aliphatic carbocycles. The first-order valence-electron chi connectivity index (χ1n) is 5.06. The normalized spacial score (nSPS) is 12.5. The van der Waals surface area contributed by atoms with Crippen LogP contribution in [0.2, 0.25) is 0 Å². The Labute approximate surface area is 128 Å². The zero-order valence-corrected chi connectivity index (χ0v) is 13.9. The third-order valence-corrected chi connectivity index (χ3v) is 6.61. The van der Waals surface area contributed by atoms with Crippen LogP contribution in [-0.2, 0) is 20.0 Å². The van der Waals surface area contributed by atoms with Gasteiger partial charge >= 0.3 is 5.97 Å². The fraction of sp³-hybridized carbons (Fsp3) is 0.375. The van der Waals surface area contributed by atoms with Crippen LogP contribution in [0.5, 0.6) is 0 Å². The predicted molar refractivity (Wildman–Crippen MR) is 76.8 cm³/mol. The second-order valence-corrected chi connectivity index (χ2v) is 9.51. The lowest BCUT2D eigenvalue weighted by molar-refractivity contribution is 0.0702. The molecule has 0 amide bonds. The van der Waals surface area contributed by atoms with Crippen molar-refractivity contribution in [2.45, 2.75) is 11.3 Å². The number of halogens is 1. The fourth-order valence-electron chi connectivity index (χ4n) is 1.20. The number of nitrogens with two attached hydrogens (primary N) is 1. The van der Waals surface area contributed by atoms with Gasteiger partial charge in [-0.15, -0.1) is 11.3 Å². The summed E-state index contributed by atoms with van der Waals surface area (Å²) >= 11 is 3.76. The van der Waals surface area contributed by atoms with Crippen molar-refractivity contribution >= 4 is 53.3 Å². The summed E-state index contributed by atoms with van der Waals surface area (Å²) in [5.74, 6) is -1.58. The molecule has 0 aliphatic heterocycles. The van der Waals surface area contributed by atoms with Crippen LogP contribution >= 0.6 is 27.3 Å². The Morgan fingerprint density at radius 2 is 2.00 bits per heavy atom. The van der Waals surface area contributed by atoms with Gasteiger partial charge in [0.25, 0.3) is 0 Å². The summed E-state index contributed by atoms with van der Waals surface area (Å²) in [7, 11) is -7.55. The van der Waals surface area contributed by atoms with Gasteiger partial charge in [0.05, 0.1) is 9.54 Å². The number of sulfonamides is 2. The molecule has 0 saturated heterocycles. The van der Waals surface area contributed by atoms with Crippen LogP contribution in [0, 0.1) is 0 Å². The highest BCUT2D eigenvalue weighted by Gasteiger charge is 2.22. The first kappa shape index (κ1) is 17.5. The minimum Gasteiger partial charge on any atom is -0.477 e. The van der Waals surface area contributed by atoms with Gasteiger partial charge in [0, 0.05) is 6.54 Å². The van der Waals surface area contributed by atoms with E-state index in [1.807, 2.05) is 0 Å². The molecule has 0 saturated carbocycles. The van der Waals surface area contributed by atoms with Crippen molar-refractivity contribution in [3.63, 3.8) is 0 Å². The molecule has 0 atom stereocenters. The van der Waals surface area contributed by atoms with Crippen molar-refractivity contribution in [3.05, 3.63) is 14.7 Å². The van der Waals surface area contributed by atoms with Crippen molar-refractivity contribution < 1.29 is 26.7 Å². The monoisotopic (exact) mass is 406 g/mol. The minimum absolute atomic E-state index is 0.0195. The molecular formula is C8H11BrN2O6S3. The zero-order chi connectivity index (χ0) is 15.6. The minimum atomic E-state index is -3.91. The zero-order valence-electron chi connectivity index (χ0n) is 9.87. The second kappa shape index (κ2) is 6.49. The van der Waals surface area contributed by atoms with Gasteiger partial charge in [-0.3, -0.25) is 0 Å². The van der Waals surface area contributed by atoms with Crippen molar-refractivity contribution in [3.8, 4) is 0 Å². The van der Waals surface area contributed by atoms with Gasteiger partial charge in [0.2, 0.25) is 20.0 Å². The van der Waals surface area contributed by atoms with E-state index >= 15 is 0 Å². The van der Waals surface area contributed by atoms with Crippen LogP contribution < -0.4 is 9.86 Å². The third kappa shape index (κ3) is 5.10. The molecule has 0 unspecified atom stereocenters. The van der Waals surface area contributed by atoms with Crippen LogP contribution in [0.1, 0.15) is 16.1 Å². The van der Waals surface area contributed by atoms with Gasteiger partial charge in [-0.1, -0.05) is 0 Å². The number of carboxylic acids is 1. The first-order chi connectivity index (χ1) is 9.03. The Hall–Kier alpha value is -0.530. The van der Waals surface area contributed by atoms with E-state index in [1.54, 1.807) is 0 Å². The number of carbonyl (C=O) groups is 1. The number of aromatic carboxylic acids is 1. The summed E-state index contributed by atoms with van der Waals surface area (Å²) in [5.41, 5.74) is 0. The second-order valence-electron chi connectivity index (χ2n) is 3.67. The van der Waals surface area contributed by atoms with Crippen LogP contribution in [0.25, 0.3) is 0 Å². The van der Waals surface area contributed by atoms with Crippen molar-refractivity contribution in [2.24, 2.45) is 5.14 Å². The van der Waals surface area contributed by atoms with E-state index < -0.39 is 26.0 Å². The maximum absolute atomic E-state index is 11.9. The number of primary sulfonamides is 1. The molecule has 0 aliphatic rings. The average Bonchev–Trinajstić information content (AvgIpc) is 2.66. The molecule has 20 heavy (non-hydrogen) atoms. The van der Waals surface area contributed by atoms with E-state index in [2.05, 4.69) is 20.7 Å². The molecule has 1 aromatic rings. The summed E-state index contributed by atoms with van der Waals surface area (Å²) < 4.78 is 47.5. The van der Waals surface area contributed by atoms with E-state index in [-0.39, 0.29) is 32.3 Å². The maximum atomic E-state index is 11.9. The van der Waals surface area contributed by atoms with Crippen molar-refractivity contribution in [2.75, 3.05) is 12.3 Å². The number of hydrogen-bond donors (Lipinski definition) is 3. The Balaban J connectivity index is 2.77. The van der Waals surface area contributed by atoms with E-state index in [0.717, 1.165) is 17.4 Å². The summed E-state index contributed by atoms with van der Waals surface area (Å²) in [6, 6.07) is 1.03. The molecule has 1 aromatic heterocycles. The van der Waals surface area contributed by atoms with Gasteiger partial charge < -0.3 is 5.11 Å². The Morgan fingerprint density at radius 1 is 1.40 bits per heavy atom. The molecule has 0 fully saturated rings. The van der Waals surface area contributed by atoms with E-state index in [0.29, 0.717) is 0 Å². The lowest BCUT2D eigenvalue weighted by Gasteiger charge is -2.05. The maximum Gasteiger partial charge on any atom is 0.345 e. The molecule has 0 bridgehead atoms. The van der Waals surface area contributed by atoms with E-state index in [1.165, 1.54) is 0 Å². The lowest BCUT2D eigenvalue weighted by Crippen LogP contribution is -2.27. The number of nitrogens with one attached hydrogen (secondary N) is 1. The molecule has 8 nitrogen and oxygen atoms in total. The largest absolute Gasteiger partial charge is 0.477 e. The van der Waals surface area contributed by atoms with Crippen molar-refractivity contribution in [1.82, 2.24) is 4.72 Å². The van der Waals surface area contributed by atoms with Gasteiger partial charge in [-0.05, 0) is 28.4 Å². The van der Waals surface area contributed by atoms with Crippen molar-refractivity contribution in [1.29, 1.82) is 0 Å². The quantitative estimate of drug-likeness (QED) is 0.550. The summed E-state index contributed by atoms with van der Waals surface area (Å²) in [4.78, 5) is 10.4. The SMILES string of the molecule is NS(=O)(=O)CCCNS(=O)(=O)c1cc(C(=O)O)sc1Br. The van der Waals surface area contributed by atoms with Gasteiger partial charge in [-0.2, -0.15) is 0 Å². The van der Waals surface area contributed by atoms with E-state index in [4.69, 9.17) is 10.2 Å². The molecule has 1 heterocycles. The van der Waals surface area contributed by atoms with Crippen LogP contribution in [-0.4, -0.2) is 40.2 Å². The highest BCUT2D eigenvalue weighted by molar-refractivity contribution is 9.11. The molecule has 114 valence electrons. The van der Waals surface area contributed by atoms with Gasteiger partial charge in [0.1, 0.15) is 9.77 Å².